The van der Waals surface area contributed by atoms with E-state index in [1.54, 1.807) is 17.1 Å². The number of aryl methyl sites for hydroxylation is 1. The third kappa shape index (κ3) is 3.08. The standard InChI is InChI=1S/C12H12BrN5/c1-18-8-16-12(17-18)4-5-15-10-3-2-9(7-14)11(13)6-10/h2-3,6,8,15H,4-5H2,1H3. The largest absolute Gasteiger partial charge is 0.385 e. The molecule has 2 aromatic rings. The third-order valence-electron chi connectivity index (χ3n) is 2.41. The Hall–Kier alpha value is -1.87. The third-order valence-corrected chi connectivity index (χ3v) is 3.07. The molecule has 92 valence electrons. The molecule has 0 atom stereocenters. The zero-order chi connectivity index (χ0) is 13.0. The highest BCUT2D eigenvalue weighted by Crippen LogP contribution is 2.20. The van der Waals surface area contributed by atoms with Crippen LogP contribution in [-0.4, -0.2) is 21.3 Å². The molecule has 0 aliphatic heterocycles. The summed E-state index contributed by atoms with van der Waals surface area (Å²) in [6.07, 6.45) is 2.45. The molecule has 0 amide bonds. The molecule has 0 aliphatic rings. The van der Waals surface area contributed by atoms with Crippen molar-refractivity contribution in [3.63, 3.8) is 0 Å². The number of rotatable bonds is 4. The van der Waals surface area contributed by atoms with E-state index in [4.69, 9.17) is 5.26 Å². The molecular weight excluding hydrogens is 294 g/mol. The summed E-state index contributed by atoms with van der Waals surface area (Å²) in [5.74, 6) is 0.817. The summed E-state index contributed by atoms with van der Waals surface area (Å²) < 4.78 is 2.49. The molecule has 2 rings (SSSR count). The fourth-order valence-electron chi connectivity index (χ4n) is 1.53. The SMILES string of the molecule is Cn1cnc(CCNc2ccc(C#N)c(Br)c2)n1. The van der Waals surface area contributed by atoms with Gasteiger partial charge in [0.1, 0.15) is 12.4 Å². The lowest BCUT2D eigenvalue weighted by molar-refractivity contribution is 0.742. The van der Waals surface area contributed by atoms with Gasteiger partial charge in [0.05, 0.1) is 5.56 Å². The Morgan fingerprint density at radius 1 is 1.50 bits per heavy atom. The number of nitrogens with zero attached hydrogens (tertiary/aromatic N) is 4. The fourth-order valence-corrected chi connectivity index (χ4v) is 2.00. The van der Waals surface area contributed by atoms with Crippen LogP contribution in [0.15, 0.2) is 29.0 Å². The van der Waals surface area contributed by atoms with Gasteiger partial charge < -0.3 is 5.32 Å². The predicted octanol–water partition coefficient (Wildman–Crippen LogP) is 2.10. The van der Waals surface area contributed by atoms with Crippen LogP contribution >= 0.6 is 15.9 Å². The average Bonchev–Trinajstić information content (AvgIpc) is 2.75. The number of nitriles is 1. The summed E-state index contributed by atoms with van der Waals surface area (Å²) in [7, 11) is 1.85. The van der Waals surface area contributed by atoms with Crippen LogP contribution in [0.2, 0.25) is 0 Å². The molecule has 1 aromatic carbocycles. The Morgan fingerprint density at radius 2 is 2.33 bits per heavy atom. The van der Waals surface area contributed by atoms with Gasteiger partial charge in [0.25, 0.3) is 0 Å². The van der Waals surface area contributed by atoms with Gasteiger partial charge in [0.2, 0.25) is 0 Å². The Bertz CT molecular complexity index is 584. The van der Waals surface area contributed by atoms with E-state index in [0.717, 1.165) is 29.0 Å². The van der Waals surface area contributed by atoms with Crippen molar-refractivity contribution in [2.75, 3.05) is 11.9 Å². The van der Waals surface area contributed by atoms with E-state index in [-0.39, 0.29) is 0 Å². The van der Waals surface area contributed by atoms with Crippen molar-refractivity contribution in [3.05, 3.63) is 40.4 Å². The average molecular weight is 306 g/mol. The van der Waals surface area contributed by atoms with E-state index < -0.39 is 0 Å². The van der Waals surface area contributed by atoms with Gasteiger partial charge in [-0.15, -0.1) is 0 Å². The van der Waals surface area contributed by atoms with Gasteiger partial charge in [-0.25, -0.2) is 4.98 Å². The number of hydrogen-bond donors (Lipinski definition) is 1. The summed E-state index contributed by atoms with van der Waals surface area (Å²) in [4.78, 5) is 4.15. The lowest BCUT2D eigenvalue weighted by atomic mass is 10.2. The first-order valence-corrected chi connectivity index (χ1v) is 6.26. The maximum absolute atomic E-state index is 8.82. The second-order valence-corrected chi connectivity index (χ2v) is 4.67. The van der Waals surface area contributed by atoms with Gasteiger partial charge >= 0.3 is 0 Å². The molecule has 1 aromatic heterocycles. The molecule has 6 heteroatoms. The molecule has 1 N–H and O–H groups in total. The van der Waals surface area contributed by atoms with E-state index in [1.807, 2.05) is 19.2 Å². The predicted molar refractivity (Wildman–Crippen MR) is 72.1 cm³/mol. The highest BCUT2D eigenvalue weighted by Gasteiger charge is 2.01. The summed E-state index contributed by atoms with van der Waals surface area (Å²) in [5.41, 5.74) is 1.60. The molecule has 0 fully saturated rings. The molecule has 0 radical (unpaired) electrons. The second kappa shape index (κ2) is 5.65. The van der Waals surface area contributed by atoms with Gasteiger partial charge in [0.15, 0.2) is 5.82 Å². The van der Waals surface area contributed by atoms with Crippen LogP contribution in [0.3, 0.4) is 0 Å². The minimum absolute atomic E-state index is 0.631. The first-order chi connectivity index (χ1) is 8.69. The minimum Gasteiger partial charge on any atom is -0.385 e. The number of aromatic nitrogens is 3. The van der Waals surface area contributed by atoms with Gasteiger partial charge in [-0.05, 0) is 34.1 Å². The van der Waals surface area contributed by atoms with E-state index >= 15 is 0 Å². The number of hydrogen-bond acceptors (Lipinski definition) is 4. The number of anilines is 1. The normalized spacial score (nSPS) is 10.1. The molecule has 0 aliphatic carbocycles. The summed E-state index contributed by atoms with van der Waals surface area (Å²) >= 11 is 3.36. The van der Waals surface area contributed by atoms with Crippen LogP contribution in [0.5, 0.6) is 0 Å². The summed E-state index contributed by atoms with van der Waals surface area (Å²) in [6.45, 7) is 0.752. The van der Waals surface area contributed by atoms with Crippen molar-refractivity contribution in [2.45, 2.75) is 6.42 Å². The number of halogens is 1. The van der Waals surface area contributed by atoms with Crippen molar-refractivity contribution < 1.29 is 0 Å². The van der Waals surface area contributed by atoms with Crippen molar-refractivity contribution >= 4 is 21.6 Å². The van der Waals surface area contributed by atoms with Crippen LogP contribution in [0.4, 0.5) is 5.69 Å². The Balaban J connectivity index is 1.91. The lowest BCUT2D eigenvalue weighted by Crippen LogP contribution is -2.06. The van der Waals surface area contributed by atoms with Crippen LogP contribution in [0.1, 0.15) is 11.4 Å². The first-order valence-electron chi connectivity index (χ1n) is 5.47. The number of benzene rings is 1. The van der Waals surface area contributed by atoms with Crippen LogP contribution in [0.25, 0.3) is 0 Å². The molecule has 0 spiro atoms. The van der Waals surface area contributed by atoms with Crippen LogP contribution < -0.4 is 5.32 Å². The van der Waals surface area contributed by atoms with Gasteiger partial charge in [-0.2, -0.15) is 10.4 Å². The molecule has 1 heterocycles. The van der Waals surface area contributed by atoms with E-state index in [0.29, 0.717) is 5.56 Å². The molecular formula is C12H12BrN5. The maximum Gasteiger partial charge on any atom is 0.152 e. The van der Waals surface area contributed by atoms with Crippen molar-refractivity contribution in [1.29, 1.82) is 5.26 Å². The first kappa shape index (κ1) is 12.6. The maximum atomic E-state index is 8.82. The van der Waals surface area contributed by atoms with E-state index in [1.165, 1.54) is 0 Å². The molecule has 5 nitrogen and oxygen atoms in total. The van der Waals surface area contributed by atoms with Crippen LogP contribution in [0, 0.1) is 11.3 Å². The Labute approximate surface area is 114 Å². The Morgan fingerprint density at radius 3 is 2.94 bits per heavy atom. The Kier molecular flexibility index (Phi) is 3.95. The fraction of sp³-hybridized carbons (Fsp3) is 0.250. The van der Waals surface area contributed by atoms with Gasteiger partial charge in [-0.3, -0.25) is 4.68 Å². The summed E-state index contributed by atoms with van der Waals surface area (Å²) in [5, 5.41) is 16.3. The summed E-state index contributed by atoms with van der Waals surface area (Å²) in [6, 6.07) is 7.67. The smallest absolute Gasteiger partial charge is 0.152 e. The molecule has 0 unspecified atom stereocenters. The zero-order valence-electron chi connectivity index (χ0n) is 9.89. The number of nitrogens with one attached hydrogen (secondary N) is 1. The molecule has 0 saturated carbocycles. The zero-order valence-corrected chi connectivity index (χ0v) is 11.5. The van der Waals surface area contributed by atoms with Gasteiger partial charge in [-0.1, -0.05) is 0 Å². The van der Waals surface area contributed by atoms with Gasteiger partial charge in [0, 0.05) is 30.2 Å². The van der Waals surface area contributed by atoms with Crippen LogP contribution in [-0.2, 0) is 13.5 Å². The van der Waals surface area contributed by atoms with Crippen molar-refractivity contribution in [1.82, 2.24) is 14.8 Å². The monoisotopic (exact) mass is 305 g/mol. The molecule has 18 heavy (non-hydrogen) atoms. The highest BCUT2D eigenvalue weighted by molar-refractivity contribution is 9.10. The molecule has 0 bridgehead atoms. The molecule has 0 saturated heterocycles. The van der Waals surface area contributed by atoms with E-state index in [2.05, 4.69) is 37.4 Å². The minimum atomic E-state index is 0.631. The second-order valence-electron chi connectivity index (χ2n) is 3.82. The van der Waals surface area contributed by atoms with E-state index in [9.17, 15) is 0 Å². The highest BCUT2D eigenvalue weighted by atomic mass is 79.9. The quantitative estimate of drug-likeness (QED) is 0.939. The van der Waals surface area contributed by atoms with Crippen molar-refractivity contribution in [2.24, 2.45) is 7.05 Å². The lowest BCUT2D eigenvalue weighted by Gasteiger charge is -2.05. The van der Waals surface area contributed by atoms with Crippen molar-refractivity contribution in [3.8, 4) is 6.07 Å². The topological polar surface area (TPSA) is 66.5 Å².